The predicted octanol–water partition coefficient (Wildman–Crippen LogP) is 3.31. The molecule has 0 saturated heterocycles. The molecule has 1 aromatic rings. The molecule has 0 radical (unpaired) electrons. The van der Waals surface area contributed by atoms with Crippen LogP contribution in [0, 0.1) is 0 Å². The van der Waals surface area contributed by atoms with Crippen molar-refractivity contribution in [2.75, 3.05) is 0 Å². The van der Waals surface area contributed by atoms with Crippen molar-refractivity contribution in [3.8, 4) is 0 Å². The van der Waals surface area contributed by atoms with Gasteiger partial charge in [-0.3, -0.25) is 4.79 Å². The summed E-state index contributed by atoms with van der Waals surface area (Å²) in [7, 11) is 0. The van der Waals surface area contributed by atoms with Crippen LogP contribution in [-0.4, -0.2) is 6.29 Å². The minimum absolute atomic E-state index is 0.578. The summed E-state index contributed by atoms with van der Waals surface area (Å²) in [4.78, 5) is 11.1. The first-order chi connectivity index (χ1) is 5.15. The lowest BCUT2D eigenvalue weighted by atomic mass is 10.2. The third-order valence-electron chi connectivity index (χ3n) is 1.18. The highest BCUT2D eigenvalue weighted by atomic mass is 79.9. The van der Waals surface area contributed by atoms with Crippen LogP contribution in [0.15, 0.2) is 26.0 Å². The molecule has 0 bridgehead atoms. The fourth-order valence-electron chi connectivity index (χ4n) is 0.676. The van der Waals surface area contributed by atoms with Gasteiger partial charge in [0.05, 0.1) is 0 Å². The number of hydrogen-bond acceptors (Lipinski definition) is 2. The molecule has 11 heavy (non-hydrogen) atoms. The molecule has 0 atom stereocenters. The molecule has 0 N–H and O–H groups in total. The van der Waals surface area contributed by atoms with Gasteiger partial charge in [-0.25, -0.2) is 0 Å². The zero-order valence-electron chi connectivity index (χ0n) is 5.34. The molecule has 1 aromatic carbocycles. The summed E-state index contributed by atoms with van der Waals surface area (Å²) in [6, 6.07) is 3.56. The van der Waals surface area contributed by atoms with Crippen molar-refractivity contribution in [2.24, 2.45) is 0 Å². The van der Waals surface area contributed by atoms with Gasteiger partial charge in [0.25, 0.3) is 0 Å². The monoisotopic (exact) mass is 294 g/mol. The number of thiol groups is 1. The molecule has 1 nitrogen and oxygen atoms in total. The smallest absolute Gasteiger partial charge is 0.151 e. The molecule has 0 unspecified atom stereocenters. The first-order valence-electron chi connectivity index (χ1n) is 2.78. The zero-order valence-corrected chi connectivity index (χ0v) is 9.41. The van der Waals surface area contributed by atoms with E-state index in [-0.39, 0.29) is 0 Å². The highest BCUT2D eigenvalue weighted by Gasteiger charge is 2.03. The van der Waals surface area contributed by atoms with Crippen molar-refractivity contribution in [3.05, 3.63) is 26.6 Å². The Morgan fingerprint density at radius 3 is 2.55 bits per heavy atom. The average molecular weight is 296 g/mol. The summed E-state index contributed by atoms with van der Waals surface area (Å²) >= 11 is 10.7. The van der Waals surface area contributed by atoms with Crippen LogP contribution >= 0.6 is 44.5 Å². The van der Waals surface area contributed by atoms with Crippen LogP contribution in [0.25, 0.3) is 0 Å². The molecule has 58 valence electrons. The van der Waals surface area contributed by atoms with E-state index in [0.717, 1.165) is 15.2 Å². The molecule has 0 saturated carbocycles. The first kappa shape index (κ1) is 9.29. The van der Waals surface area contributed by atoms with Crippen LogP contribution < -0.4 is 0 Å². The molecular weight excluding hydrogens is 292 g/mol. The Labute approximate surface area is 86.8 Å². The van der Waals surface area contributed by atoms with Crippen molar-refractivity contribution >= 4 is 50.8 Å². The number of aldehydes is 1. The lowest BCUT2D eigenvalue weighted by Crippen LogP contribution is -1.83. The van der Waals surface area contributed by atoms with Gasteiger partial charge in [-0.05, 0) is 28.1 Å². The molecule has 0 aromatic heterocycles. The van der Waals surface area contributed by atoms with E-state index in [0.29, 0.717) is 10.5 Å². The topological polar surface area (TPSA) is 17.1 Å². The number of hydrogen-bond donors (Lipinski definition) is 1. The van der Waals surface area contributed by atoms with Crippen molar-refractivity contribution in [1.29, 1.82) is 0 Å². The molecule has 0 aliphatic rings. The van der Waals surface area contributed by atoms with Gasteiger partial charge < -0.3 is 0 Å². The number of rotatable bonds is 1. The number of carbonyl (C=O) groups is 1. The zero-order chi connectivity index (χ0) is 8.43. The lowest BCUT2D eigenvalue weighted by Gasteiger charge is -2.00. The summed E-state index contributed by atoms with van der Waals surface area (Å²) < 4.78 is 1.68. The van der Waals surface area contributed by atoms with Crippen LogP contribution in [0.4, 0.5) is 0 Å². The number of benzene rings is 1. The minimum atomic E-state index is 0.578. The first-order valence-corrected chi connectivity index (χ1v) is 4.81. The van der Waals surface area contributed by atoms with Gasteiger partial charge in [0, 0.05) is 19.4 Å². The van der Waals surface area contributed by atoms with Gasteiger partial charge in [-0.15, -0.1) is 12.6 Å². The van der Waals surface area contributed by atoms with Crippen LogP contribution in [0.5, 0.6) is 0 Å². The van der Waals surface area contributed by atoms with Crippen molar-refractivity contribution < 1.29 is 4.79 Å². The molecule has 0 fully saturated rings. The fraction of sp³-hybridized carbons (Fsp3) is 0. The van der Waals surface area contributed by atoms with E-state index in [2.05, 4.69) is 44.5 Å². The molecule has 0 spiro atoms. The van der Waals surface area contributed by atoms with Crippen molar-refractivity contribution in [1.82, 2.24) is 0 Å². The predicted molar refractivity (Wildman–Crippen MR) is 54.5 cm³/mol. The van der Waals surface area contributed by atoms with E-state index in [4.69, 9.17) is 0 Å². The standard InChI is InChI=1S/C7H4Br2OS/c8-5-1-4(3-10)7(11)6(9)2-5/h1-3,11H. The second kappa shape index (κ2) is 3.74. The molecule has 4 heteroatoms. The summed E-state index contributed by atoms with van der Waals surface area (Å²) in [6.45, 7) is 0. The van der Waals surface area contributed by atoms with Gasteiger partial charge in [-0.2, -0.15) is 0 Å². The van der Waals surface area contributed by atoms with E-state index in [9.17, 15) is 4.79 Å². The quantitative estimate of drug-likeness (QED) is 0.621. The van der Waals surface area contributed by atoms with E-state index >= 15 is 0 Å². The van der Waals surface area contributed by atoms with E-state index in [1.807, 2.05) is 6.07 Å². The van der Waals surface area contributed by atoms with Crippen LogP contribution in [0.1, 0.15) is 10.4 Å². The molecule has 0 heterocycles. The summed E-state index contributed by atoms with van der Waals surface area (Å²) in [5.41, 5.74) is 0.578. The van der Waals surface area contributed by atoms with Crippen LogP contribution in [-0.2, 0) is 0 Å². The molecule has 0 aliphatic heterocycles. The van der Waals surface area contributed by atoms with Crippen LogP contribution in [0.3, 0.4) is 0 Å². The third-order valence-corrected chi connectivity index (χ3v) is 3.07. The Hall–Kier alpha value is 0.200. The number of carbonyl (C=O) groups excluding carboxylic acids is 1. The van der Waals surface area contributed by atoms with Crippen molar-refractivity contribution in [3.63, 3.8) is 0 Å². The van der Waals surface area contributed by atoms with Crippen molar-refractivity contribution in [2.45, 2.75) is 4.90 Å². The summed E-state index contributed by atoms with van der Waals surface area (Å²) in [5, 5.41) is 0. The van der Waals surface area contributed by atoms with E-state index in [1.54, 1.807) is 6.07 Å². The maximum absolute atomic E-state index is 10.4. The normalized spacial score (nSPS) is 9.73. The Balaban J connectivity index is 3.35. The summed E-state index contributed by atoms with van der Waals surface area (Å²) in [6.07, 6.45) is 0.776. The highest BCUT2D eigenvalue weighted by Crippen LogP contribution is 2.27. The Kier molecular flexibility index (Phi) is 3.16. The third kappa shape index (κ3) is 2.07. The maximum atomic E-state index is 10.4. The van der Waals surface area contributed by atoms with Gasteiger partial charge in [0.1, 0.15) is 0 Å². The van der Waals surface area contributed by atoms with Crippen LogP contribution in [0.2, 0.25) is 0 Å². The summed E-state index contributed by atoms with van der Waals surface area (Å²) in [5.74, 6) is 0. The SMILES string of the molecule is O=Cc1cc(Br)cc(Br)c1S. The molecule has 1 rings (SSSR count). The lowest BCUT2D eigenvalue weighted by molar-refractivity contribution is 0.112. The Bertz CT molecular complexity index is 299. The second-order valence-electron chi connectivity index (χ2n) is 1.94. The molecular formula is C7H4Br2OS. The Morgan fingerprint density at radius 2 is 2.00 bits per heavy atom. The average Bonchev–Trinajstić information content (AvgIpc) is 1.96. The maximum Gasteiger partial charge on any atom is 0.151 e. The molecule has 0 amide bonds. The van der Waals surface area contributed by atoms with Gasteiger partial charge >= 0.3 is 0 Å². The van der Waals surface area contributed by atoms with E-state index in [1.165, 1.54) is 0 Å². The van der Waals surface area contributed by atoms with E-state index < -0.39 is 0 Å². The van der Waals surface area contributed by atoms with Gasteiger partial charge in [0.15, 0.2) is 6.29 Å². The second-order valence-corrected chi connectivity index (χ2v) is 4.16. The Morgan fingerprint density at radius 1 is 1.36 bits per heavy atom. The largest absolute Gasteiger partial charge is 0.298 e. The minimum Gasteiger partial charge on any atom is -0.298 e. The number of halogens is 2. The fourth-order valence-corrected chi connectivity index (χ4v) is 2.12. The van der Waals surface area contributed by atoms with Gasteiger partial charge in [0.2, 0.25) is 0 Å². The highest BCUT2D eigenvalue weighted by molar-refractivity contribution is 9.11. The van der Waals surface area contributed by atoms with Gasteiger partial charge in [-0.1, -0.05) is 15.9 Å². The molecule has 0 aliphatic carbocycles.